The predicted octanol–water partition coefficient (Wildman–Crippen LogP) is 2.68. The smallest absolute Gasteiger partial charge is 0.275 e. The Hall–Kier alpha value is -3.55. The van der Waals surface area contributed by atoms with Crippen LogP contribution in [0.2, 0.25) is 0 Å². The van der Waals surface area contributed by atoms with Crippen molar-refractivity contribution >= 4 is 11.8 Å². The zero-order valence-corrected chi connectivity index (χ0v) is 15.6. The van der Waals surface area contributed by atoms with Crippen LogP contribution in [0.25, 0.3) is 11.3 Å². The normalized spacial score (nSPS) is 16.6. The number of nitrogens with one attached hydrogen (secondary N) is 1. The summed E-state index contributed by atoms with van der Waals surface area (Å²) in [6.45, 7) is 0.620. The Morgan fingerprint density at radius 2 is 1.69 bits per heavy atom. The van der Waals surface area contributed by atoms with E-state index >= 15 is 0 Å². The van der Waals surface area contributed by atoms with Crippen LogP contribution in [0.15, 0.2) is 54.6 Å². The summed E-state index contributed by atoms with van der Waals surface area (Å²) in [5.41, 5.74) is 2.06. The highest BCUT2D eigenvalue weighted by Gasteiger charge is 2.35. The Bertz CT molecular complexity index is 1060. The van der Waals surface area contributed by atoms with E-state index < -0.39 is 17.8 Å². The summed E-state index contributed by atoms with van der Waals surface area (Å²) in [5, 5.41) is 7.03. The van der Waals surface area contributed by atoms with Gasteiger partial charge in [-0.15, -0.1) is 0 Å². The van der Waals surface area contributed by atoms with Gasteiger partial charge in [0.1, 0.15) is 17.7 Å². The molecule has 1 aliphatic rings. The summed E-state index contributed by atoms with van der Waals surface area (Å²) in [5.74, 6) is -1.51. The maximum Gasteiger partial charge on any atom is 0.275 e. The quantitative estimate of drug-likeness (QED) is 0.740. The third-order valence-electron chi connectivity index (χ3n) is 4.90. The summed E-state index contributed by atoms with van der Waals surface area (Å²) in [4.78, 5) is 27.1. The van der Waals surface area contributed by atoms with Crippen molar-refractivity contribution in [3.63, 3.8) is 0 Å². The van der Waals surface area contributed by atoms with Crippen LogP contribution >= 0.6 is 0 Å². The summed E-state index contributed by atoms with van der Waals surface area (Å²) < 4.78 is 28.0. The van der Waals surface area contributed by atoms with E-state index in [1.54, 1.807) is 25.2 Å². The molecule has 8 heteroatoms. The van der Waals surface area contributed by atoms with Gasteiger partial charge in [-0.05, 0) is 53.6 Å². The molecule has 2 aromatic carbocycles. The van der Waals surface area contributed by atoms with Crippen LogP contribution in [0.3, 0.4) is 0 Å². The number of carbonyl (C=O) groups excluding carboxylic acids is 2. The van der Waals surface area contributed by atoms with Crippen LogP contribution in [-0.2, 0) is 11.8 Å². The van der Waals surface area contributed by atoms with Gasteiger partial charge in [0, 0.05) is 20.1 Å². The van der Waals surface area contributed by atoms with E-state index in [1.165, 1.54) is 46.0 Å². The molecular weight excluding hydrogens is 378 g/mol. The fourth-order valence-electron chi connectivity index (χ4n) is 3.47. The molecule has 1 aliphatic heterocycles. The van der Waals surface area contributed by atoms with Crippen molar-refractivity contribution in [1.29, 1.82) is 0 Å². The molecule has 3 aromatic rings. The molecular formula is C21H18F2N4O2. The Labute approximate surface area is 165 Å². The summed E-state index contributed by atoms with van der Waals surface area (Å²) in [7, 11) is 1.69. The minimum atomic E-state index is -0.867. The highest BCUT2D eigenvalue weighted by atomic mass is 19.1. The van der Waals surface area contributed by atoms with Crippen LogP contribution in [0.1, 0.15) is 22.1 Å². The van der Waals surface area contributed by atoms with Gasteiger partial charge < -0.3 is 10.2 Å². The summed E-state index contributed by atoms with van der Waals surface area (Å²) in [6.07, 6.45) is 0. The van der Waals surface area contributed by atoms with E-state index in [-0.39, 0.29) is 17.4 Å². The highest BCUT2D eigenvalue weighted by Crippen LogP contribution is 2.27. The van der Waals surface area contributed by atoms with Crippen LogP contribution in [0, 0.1) is 11.6 Å². The van der Waals surface area contributed by atoms with E-state index in [4.69, 9.17) is 0 Å². The number of rotatable bonds is 3. The first-order valence-electron chi connectivity index (χ1n) is 9.08. The van der Waals surface area contributed by atoms with Crippen molar-refractivity contribution in [2.45, 2.75) is 6.04 Å². The number of hydrogen-bond donors (Lipinski definition) is 1. The molecule has 1 atom stereocenters. The van der Waals surface area contributed by atoms with E-state index in [1.807, 2.05) is 0 Å². The predicted molar refractivity (Wildman–Crippen MR) is 102 cm³/mol. The molecule has 29 heavy (non-hydrogen) atoms. The van der Waals surface area contributed by atoms with Crippen molar-refractivity contribution < 1.29 is 18.4 Å². The molecule has 0 saturated carbocycles. The van der Waals surface area contributed by atoms with Gasteiger partial charge >= 0.3 is 0 Å². The fraction of sp³-hybridized carbons (Fsp3) is 0.190. The van der Waals surface area contributed by atoms with Crippen LogP contribution < -0.4 is 5.32 Å². The molecule has 0 aliphatic carbocycles. The average Bonchev–Trinajstić information content (AvgIpc) is 3.10. The van der Waals surface area contributed by atoms with Gasteiger partial charge in [-0.1, -0.05) is 12.1 Å². The zero-order valence-electron chi connectivity index (χ0n) is 15.6. The lowest BCUT2D eigenvalue weighted by Gasteiger charge is -2.34. The number of benzene rings is 2. The number of amides is 2. The molecule has 0 spiro atoms. The number of nitrogens with zero attached hydrogens (tertiary/aromatic N) is 3. The van der Waals surface area contributed by atoms with Crippen molar-refractivity contribution in [3.05, 3.63) is 77.5 Å². The zero-order chi connectivity index (χ0) is 20.5. The SMILES string of the molecule is Cn1nc(C(=O)N2CCNC(=O)C2c2ccc(F)cc2)cc1-c1ccc(F)cc1. The van der Waals surface area contributed by atoms with E-state index in [9.17, 15) is 18.4 Å². The van der Waals surface area contributed by atoms with Gasteiger partial charge in [0.15, 0.2) is 5.69 Å². The van der Waals surface area contributed by atoms with Crippen molar-refractivity contribution in [2.24, 2.45) is 7.05 Å². The van der Waals surface area contributed by atoms with E-state index in [0.29, 0.717) is 29.9 Å². The fourth-order valence-corrected chi connectivity index (χ4v) is 3.47. The van der Waals surface area contributed by atoms with Crippen LogP contribution in [-0.4, -0.2) is 39.6 Å². The second-order valence-electron chi connectivity index (χ2n) is 6.79. The minimum Gasteiger partial charge on any atom is -0.352 e. The maximum absolute atomic E-state index is 13.3. The maximum atomic E-state index is 13.3. The molecule has 6 nitrogen and oxygen atoms in total. The van der Waals surface area contributed by atoms with Gasteiger partial charge in [-0.25, -0.2) is 8.78 Å². The summed E-state index contributed by atoms with van der Waals surface area (Å²) >= 11 is 0. The molecule has 148 valence electrons. The number of hydrogen-bond acceptors (Lipinski definition) is 3. The molecule has 4 rings (SSSR count). The van der Waals surface area contributed by atoms with E-state index in [2.05, 4.69) is 10.4 Å². The van der Waals surface area contributed by atoms with Crippen LogP contribution in [0.4, 0.5) is 8.78 Å². The first kappa shape index (κ1) is 18.8. The largest absolute Gasteiger partial charge is 0.352 e. The molecule has 2 heterocycles. The molecule has 1 unspecified atom stereocenters. The Balaban J connectivity index is 1.67. The van der Waals surface area contributed by atoms with Crippen molar-refractivity contribution in [3.8, 4) is 11.3 Å². The number of piperazine rings is 1. The number of aryl methyl sites for hydroxylation is 1. The van der Waals surface area contributed by atoms with Gasteiger partial charge in [-0.2, -0.15) is 5.10 Å². The molecule has 1 aromatic heterocycles. The number of aromatic nitrogens is 2. The monoisotopic (exact) mass is 396 g/mol. The molecule has 0 bridgehead atoms. The number of halogens is 2. The van der Waals surface area contributed by atoms with E-state index in [0.717, 1.165) is 0 Å². The lowest BCUT2D eigenvalue weighted by molar-refractivity contribution is -0.128. The lowest BCUT2D eigenvalue weighted by Crippen LogP contribution is -2.52. The molecule has 1 saturated heterocycles. The van der Waals surface area contributed by atoms with Crippen LogP contribution in [0.5, 0.6) is 0 Å². The Morgan fingerprint density at radius 3 is 2.34 bits per heavy atom. The number of carbonyl (C=O) groups is 2. The first-order valence-corrected chi connectivity index (χ1v) is 9.08. The highest BCUT2D eigenvalue weighted by molar-refractivity contribution is 5.98. The molecule has 0 radical (unpaired) electrons. The van der Waals surface area contributed by atoms with Gasteiger partial charge in [-0.3, -0.25) is 14.3 Å². The first-order chi connectivity index (χ1) is 13.9. The average molecular weight is 396 g/mol. The lowest BCUT2D eigenvalue weighted by atomic mass is 10.0. The molecule has 1 N–H and O–H groups in total. The standard InChI is InChI=1S/C21H18F2N4O2/c1-26-18(13-2-6-15(22)7-3-13)12-17(25-26)21(29)27-11-10-24-20(28)19(27)14-4-8-16(23)9-5-14/h2-9,12,19H,10-11H2,1H3,(H,24,28). The second kappa shape index (κ2) is 7.46. The van der Waals surface area contributed by atoms with Crippen molar-refractivity contribution in [2.75, 3.05) is 13.1 Å². The topological polar surface area (TPSA) is 67.2 Å². The molecule has 1 fully saturated rings. The Kier molecular flexibility index (Phi) is 4.84. The summed E-state index contributed by atoms with van der Waals surface area (Å²) in [6, 6.07) is 12.1. The third kappa shape index (κ3) is 3.61. The minimum absolute atomic E-state index is 0.175. The molecule has 2 amide bonds. The third-order valence-corrected chi connectivity index (χ3v) is 4.90. The Morgan fingerprint density at radius 1 is 1.07 bits per heavy atom. The van der Waals surface area contributed by atoms with Gasteiger partial charge in [0.05, 0.1) is 5.69 Å². The van der Waals surface area contributed by atoms with Gasteiger partial charge in [0.2, 0.25) is 5.91 Å². The van der Waals surface area contributed by atoms with Gasteiger partial charge in [0.25, 0.3) is 5.91 Å². The van der Waals surface area contributed by atoms with Crippen molar-refractivity contribution in [1.82, 2.24) is 20.0 Å². The second-order valence-corrected chi connectivity index (χ2v) is 6.79.